The number of ether oxygens (including phenoxy) is 2. The lowest BCUT2D eigenvalue weighted by molar-refractivity contribution is -0.114. The zero-order valence-electron chi connectivity index (χ0n) is 18.0. The van der Waals surface area contributed by atoms with E-state index in [4.69, 9.17) is 14.9 Å². The second-order valence-corrected chi connectivity index (χ2v) is 10.4. The van der Waals surface area contributed by atoms with E-state index in [9.17, 15) is 18.0 Å². The molecule has 2 aromatic carbocycles. The van der Waals surface area contributed by atoms with Crippen LogP contribution in [0.5, 0.6) is 11.5 Å². The second kappa shape index (κ2) is 9.23. The number of fused-ring (bicyclic) bond motifs is 1. The lowest BCUT2D eigenvalue weighted by Gasteiger charge is -2.20. The minimum Gasteiger partial charge on any atom is -0.493 e. The standard InChI is InChI=1S/C22H18N4O6S2/c1-3-34(29,30)22-25-26-18(23)15(19(27)24-21(26)33-22)11-13-9-10-16(17(12-13)31-2)32-20(28)14-7-5-4-6-8-14/h4-12,23H,3H2,1-2H3. The second-order valence-electron chi connectivity index (χ2n) is 6.96. The van der Waals surface area contributed by atoms with Gasteiger partial charge in [-0.25, -0.2) is 13.2 Å². The van der Waals surface area contributed by atoms with Gasteiger partial charge >= 0.3 is 5.97 Å². The molecule has 0 aliphatic carbocycles. The van der Waals surface area contributed by atoms with Gasteiger partial charge < -0.3 is 9.47 Å². The number of amides is 1. The number of benzene rings is 2. The summed E-state index contributed by atoms with van der Waals surface area (Å²) in [5.41, 5.74) is 0.763. The Bertz CT molecular complexity index is 1400. The van der Waals surface area contributed by atoms with Gasteiger partial charge in [-0.3, -0.25) is 10.2 Å². The summed E-state index contributed by atoms with van der Waals surface area (Å²) in [4.78, 5) is 28.8. The first-order chi connectivity index (χ1) is 16.2. The summed E-state index contributed by atoms with van der Waals surface area (Å²) in [6.07, 6.45) is 1.41. The number of thioether (sulfide) groups is 1. The summed E-state index contributed by atoms with van der Waals surface area (Å²) in [7, 11) is -2.21. The normalized spacial score (nSPS) is 16.8. The minimum atomic E-state index is -3.61. The van der Waals surface area contributed by atoms with Crippen molar-refractivity contribution in [3.8, 4) is 11.5 Å². The van der Waals surface area contributed by atoms with Crippen LogP contribution in [-0.4, -0.2) is 53.5 Å². The molecule has 2 aliphatic heterocycles. The maximum Gasteiger partial charge on any atom is 0.343 e. The van der Waals surface area contributed by atoms with Crippen molar-refractivity contribution < 1.29 is 27.5 Å². The highest BCUT2D eigenvalue weighted by molar-refractivity contribution is 8.42. The Morgan fingerprint density at radius 2 is 1.91 bits per heavy atom. The fraction of sp³-hybridized carbons (Fsp3) is 0.136. The van der Waals surface area contributed by atoms with Crippen LogP contribution in [-0.2, 0) is 14.6 Å². The molecule has 2 aliphatic rings. The van der Waals surface area contributed by atoms with Crippen molar-refractivity contribution in [2.45, 2.75) is 6.92 Å². The van der Waals surface area contributed by atoms with E-state index in [2.05, 4.69) is 10.1 Å². The third-order valence-corrected chi connectivity index (χ3v) is 7.88. The molecule has 174 valence electrons. The summed E-state index contributed by atoms with van der Waals surface area (Å²) in [5, 5.41) is 13.4. The van der Waals surface area contributed by atoms with Gasteiger partial charge in [0.05, 0.1) is 24.0 Å². The largest absolute Gasteiger partial charge is 0.493 e. The Hall–Kier alpha value is -3.77. The van der Waals surface area contributed by atoms with Crippen molar-refractivity contribution in [1.82, 2.24) is 5.01 Å². The van der Waals surface area contributed by atoms with Crippen LogP contribution in [0, 0.1) is 5.41 Å². The van der Waals surface area contributed by atoms with Crippen LogP contribution < -0.4 is 9.47 Å². The molecule has 0 atom stereocenters. The summed E-state index contributed by atoms with van der Waals surface area (Å²) in [6.45, 7) is 1.48. The Morgan fingerprint density at radius 1 is 1.18 bits per heavy atom. The maximum atomic E-state index is 12.6. The van der Waals surface area contributed by atoms with E-state index in [0.717, 1.165) is 16.8 Å². The Morgan fingerprint density at radius 3 is 2.59 bits per heavy atom. The van der Waals surface area contributed by atoms with Crippen molar-refractivity contribution in [3.05, 3.63) is 65.2 Å². The fourth-order valence-electron chi connectivity index (χ4n) is 2.98. The summed E-state index contributed by atoms with van der Waals surface area (Å²) in [5.74, 6) is -1.30. The number of amidine groups is 2. The summed E-state index contributed by atoms with van der Waals surface area (Å²) < 4.78 is 34.8. The number of sulfone groups is 1. The SMILES string of the molecule is CCS(=O)(=O)C1=NN2C(=N)C(=Cc3ccc(OC(=O)c4ccccc4)c(OC)c3)C(=O)N=C2S1. The molecule has 0 spiro atoms. The molecule has 2 heterocycles. The van der Waals surface area contributed by atoms with Gasteiger partial charge in [0.25, 0.3) is 5.91 Å². The highest BCUT2D eigenvalue weighted by Crippen LogP contribution is 2.32. The highest BCUT2D eigenvalue weighted by Gasteiger charge is 2.39. The van der Waals surface area contributed by atoms with E-state index in [-0.39, 0.29) is 38.2 Å². The average Bonchev–Trinajstić information content (AvgIpc) is 3.28. The Kier molecular flexibility index (Phi) is 6.35. The maximum absolute atomic E-state index is 12.6. The molecule has 10 nitrogen and oxygen atoms in total. The highest BCUT2D eigenvalue weighted by atomic mass is 32.3. The van der Waals surface area contributed by atoms with Crippen molar-refractivity contribution in [2.75, 3.05) is 12.9 Å². The van der Waals surface area contributed by atoms with E-state index in [1.54, 1.807) is 36.4 Å². The molecule has 0 unspecified atom stereocenters. The van der Waals surface area contributed by atoms with E-state index < -0.39 is 21.7 Å². The van der Waals surface area contributed by atoms with Gasteiger partial charge in [-0.1, -0.05) is 31.2 Å². The number of esters is 1. The number of hydrogen-bond donors (Lipinski definition) is 1. The molecule has 0 aromatic heterocycles. The molecule has 4 rings (SSSR count). The van der Waals surface area contributed by atoms with Gasteiger partial charge in [0, 0.05) is 0 Å². The van der Waals surface area contributed by atoms with Gasteiger partial charge in [0.2, 0.25) is 19.4 Å². The number of nitrogens with zero attached hydrogens (tertiary/aromatic N) is 3. The monoisotopic (exact) mass is 498 g/mol. The number of hydrazone groups is 1. The molecular formula is C22H18N4O6S2. The van der Waals surface area contributed by atoms with Crippen LogP contribution in [0.3, 0.4) is 0 Å². The molecule has 0 radical (unpaired) electrons. The van der Waals surface area contributed by atoms with Crippen LogP contribution in [0.2, 0.25) is 0 Å². The number of aliphatic imine (C=N–C) groups is 1. The van der Waals surface area contributed by atoms with E-state index in [1.165, 1.54) is 32.2 Å². The molecule has 2 aromatic rings. The van der Waals surface area contributed by atoms with Gasteiger partial charge in [-0.2, -0.15) is 10.0 Å². The molecule has 12 heteroatoms. The molecule has 1 N–H and O–H groups in total. The number of methoxy groups -OCH3 is 1. The number of rotatable bonds is 5. The first kappa shape index (κ1) is 23.4. The predicted molar refractivity (Wildman–Crippen MR) is 129 cm³/mol. The topological polar surface area (TPSA) is 139 Å². The fourth-order valence-corrected chi connectivity index (χ4v) is 5.15. The van der Waals surface area contributed by atoms with Crippen molar-refractivity contribution in [2.24, 2.45) is 10.1 Å². The summed E-state index contributed by atoms with van der Waals surface area (Å²) >= 11 is 0.734. The molecule has 0 bridgehead atoms. The minimum absolute atomic E-state index is 0.0138. The third kappa shape index (κ3) is 4.50. The van der Waals surface area contributed by atoms with Crippen LogP contribution in [0.4, 0.5) is 0 Å². The third-order valence-electron chi connectivity index (χ3n) is 4.79. The molecular weight excluding hydrogens is 480 g/mol. The summed E-state index contributed by atoms with van der Waals surface area (Å²) in [6, 6.07) is 13.1. The van der Waals surface area contributed by atoms with Gasteiger partial charge in [-0.05, 0) is 47.7 Å². The van der Waals surface area contributed by atoms with Crippen LogP contribution in [0.15, 0.2) is 64.2 Å². The molecule has 0 saturated carbocycles. The van der Waals surface area contributed by atoms with E-state index >= 15 is 0 Å². The first-order valence-electron chi connectivity index (χ1n) is 9.91. The van der Waals surface area contributed by atoms with Gasteiger partial charge in [-0.15, -0.1) is 5.10 Å². The number of hydrogen-bond acceptors (Lipinski definition) is 9. The smallest absolute Gasteiger partial charge is 0.343 e. The zero-order chi connectivity index (χ0) is 24.5. The van der Waals surface area contributed by atoms with Crippen LogP contribution in [0.25, 0.3) is 6.08 Å². The molecule has 34 heavy (non-hydrogen) atoms. The first-order valence-corrected chi connectivity index (χ1v) is 12.4. The molecule has 1 amide bonds. The number of nitrogens with one attached hydrogen (secondary N) is 1. The van der Waals surface area contributed by atoms with Crippen molar-refractivity contribution in [3.63, 3.8) is 0 Å². The van der Waals surface area contributed by atoms with Crippen molar-refractivity contribution >= 4 is 54.9 Å². The number of carbonyl (C=O) groups excluding carboxylic acids is 2. The Balaban J connectivity index is 1.61. The van der Waals surface area contributed by atoms with Crippen molar-refractivity contribution in [1.29, 1.82) is 5.41 Å². The predicted octanol–water partition coefficient (Wildman–Crippen LogP) is 2.93. The van der Waals surface area contributed by atoms with Gasteiger partial charge in [0.15, 0.2) is 17.3 Å². The lowest BCUT2D eigenvalue weighted by Crippen LogP contribution is -2.35. The average molecular weight is 499 g/mol. The van der Waals surface area contributed by atoms with E-state index in [0.29, 0.717) is 11.1 Å². The van der Waals surface area contributed by atoms with Crippen LogP contribution in [0.1, 0.15) is 22.8 Å². The van der Waals surface area contributed by atoms with E-state index in [1.807, 2.05) is 0 Å². The van der Waals surface area contributed by atoms with Gasteiger partial charge in [0.1, 0.15) is 0 Å². The number of carbonyl (C=O) groups is 2. The van der Waals surface area contributed by atoms with Crippen LogP contribution >= 0.6 is 11.8 Å². The molecule has 0 fully saturated rings. The molecule has 0 saturated heterocycles. The lowest BCUT2D eigenvalue weighted by atomic mass is 10.1. The quantitative estimate of drug-likeness (QED) is 0.377. The Labute approximate surface area is 199 Å². The zero-order valence-corrected chi connectivity index (χ0v) is 19.6.